The van der Waals surface area contributed by atoms with E-state index in [1.54, 1.807) is 18.2 Å². The second kappa shape index (κ2) is 6.78. The zero-order valence-corrected chi connectivity index (χ0v) is 17.0. The summed E-state index contributed by atoms with van der Waals surface area (Å²) in [5, 5.41) is 2.84. The van der Waals surface area contributed by atoms with Crippen molar-refractivity contribution in [3.8, 4) is 11.5 Å². The Balaban J connectivity index is 1.83. The summed E-state index contributed by atoms with van der Waals surface area (Å²) in [6, 6.07) is 12.1. The molecular formula is C23H12F4O4S. The van der Waals surface area contributed by atoms with Crippen LogP contribution in [0, 0.1) is 30.2 Å². The maximum atomic E-state index is 14.4. The molecule has 0 aliphatic rings. The molecule has 5 rings (SSSR count). The van der Waals surface area contributed by atoms with E-state index in [2.05, 4.69) is 0 Å². The predicted molar refractivity (Wildman–Crippen MR) is 111 cm³/mol. The molecule has 0 spiro atoms. The van der Waals surface area contributed by atoms with E-state index in [0.29, 0.717) is 26.9 Å². The Labute approximate surface area is 178 Å². The fourth-order valence-electron chi connectivity index (χ4n) is 3.98. The molecule has 0 heterocycles. The van der Waals surface area contributed by atoms with Crippen LogP contribution < -0.4 is 4.74 Å². The van der Waals surface area contributed by atoms with Crippen molar-refractivity contribution < 1.29 is 35.3 Å². The molecule has 0 bridgehead atoms. The monoisotopic (exact) mass is 460 g/mol. The molecule has 4 nitrogen and oxygen atoms in total. The quantitative estimate of drug-likeness (QED) is 0.145. The third-order valence-corrected chi connectivity index (χ3v) is 6.43. The molecule has 32 heavy (non-hydrogen) atoms. The molecule has 5 aromatic rings. The number of ether oxygens (including phenoxy) is 1. The minimum absolute atomic E-state index is 0.0930. The molecule has 0 amide bonds. The second-order valence-electron chi connectivity index (χ2n) is 7.34. The number of benzene rings is 5. The minimum atomic E-state index is -4.52. The van der Waals surface area contributed by atoms with Gasteiger partial charge in [-0.1, -0.05) is 30.3 Å². The summed E-state index contributed by atoms with van der Waals surface area (Å²) in [5.74, 6) is -7.77. The molecule has 162 valence electrons. The molecule has 1 N–H and O–H groups in total. The van der Waals surface area contributed by atoms with E-state index in [-0.39, 0.29) is 16.0 Å². The lowest BCUT2D eigenvalue weighted by atomic mass is 9.94. The van der Waals surface area contributed by atoms with Crippen LogP contribution in [-0.2, 0) is 10.1 Å². The van der Waals surface area contributed by atoms with Crippen molar-refractivity contribution in [2.45, 2.75) is 11.8 Å². The maximum Gasteiger partial charge on any atom is 0.295 e. The van der Waals surface area contributed by atoms with Gasteiger partial charge in [0.05, 0.1) is 0 Å². The average molecular weight is 460 g/mol. The van der Waals surface area contributed by atoms with Crippen LogP contribution >= 0.6 is 0 Å². The smallest absolute Gasteiger partial charge is 0.295 e. The zero-order chi connectivity index (χ0) is 22.9. The molecule has 0 aliphatic carbocycles. The molecule has 0 radical (unpaired) electrons. The van der Waals surface area contributed by atoms with Gasteiger partial charge in [-0.3, -0.25) is 4.55 Å². The summed E-state index contributed by atoms with van der Waals surface area (Å²) in [4.78, 5) is -0.300. The predicted octanol–water partition coefficient (Wildman–Crippen LogP) is 6.49. The highest BCUT2D eigenvalue weighted by Gasteiger charge is 2.26. The SMILES string of the molecule is Cc1c(F)c(F)c(Oc2ccc3ccc4ccc(S(=O)(=O)O)c5ccc2c3c45)c(F)c1F. The van der Waals surface area contributed by atoms with Gasteiger partial charge in [0, 0.05) is 21.7 Å². The topological polar surface area (TPSA) is 63.6 Å². The van der Waals surface area contributed by atoms with Crippen LogP contribution in [0.4, 0.5) is 17.6 Å². The van der Waals surface area contributed by atoms with Gasteiger partial charge in [0.1, 0.15) is 10.6 Å². The van der Waals surface area contributed by atoms with E-state index < -0.39 is 44.7 Å². The summed E-state index contributed by atoms with van der Waals surface area (Å²) >= 11 is 0. The summed E-state index contributed by atoms with van der Waals surface area (Å²) in [6.45, 7) is 0.906. The van der Waals surface area contributed by atoms with E-state index in [4.69, 9.17) is 4.74 Å². The van der Waals surface area contributed by atoms with Crippen LogP contribution in [0.25, 0.3) is 32.3 Å². The van der Waals surface area contributed by atoms with E-state index in [0.717, 1.165) is 6.92 Å². The molecule has 0 saturated heterocycles. The first-order valence-electron chi connectivity index (χ1n) is 9.28. The highest BCUT2D eigenvalue weighted by molar-refractivity contribution is 7.86. The Morgan fingerprint density at radius 2 is 1.22 bits per heavy atom. The molecular weight excluding hydrogens is 448 g/mol. The van der Waals surface area contributed by atoms with Crippen LogP contribution in [0.5, 0.6) is 11.5 Å². The normalized spacial score (nSPS) is 12.3. The summed E-state index contributed by atoms with van der Waals surface area (Å²) in [5.41, 5.74) is -0.805. The fraction of sp³-hybridized carbons (Fsp3) is 0.0435. The molecule has 9 heteroatoms. The lowest BCUT2D eigenvalue weighted by Gasteiger charge is -2.16. The molecule has 0 saturated carbocycles. The van der Waals surface area contributed by atoms with Crippen molar-refractivity contribution in [3.63, 3.8) is 0 Å². The molecule has 0 fully saturated rings. The Morgan fingerprint density at radius 3 is 1.81 bits per heavy atom. The highest BCUT2D eigenvalue weighted by atomic mass is 32.2. The van der Waals surface area contributed by atoms with E-state index in [1.165, 1.54) is 30.3 Å². The van der Waals surface area contributed by atoms with Gasteiger partial charge in [-0.05, 0) is 41.3 Å². The van der Waals surface area contributed by atoms with E-state index in [1.807, 2.05) is 0 Å². The van der Waals surface area contributed by atoms with Gasteiger partial charge >= 0.3 is 0 Å². The van der Waals surface area contributed by atoms with Crippen molar-refractivity contribution >= 4 is 42.4 Å². The van der Waals surface area contributed by atoms with Gasteiger partial charge in [-0.25, -0.2) is 8.78 Å². The summed E-state index contributed by atoms with van der Waals surface area (Å²) in [7, 11) is -4.52. The van der Waals surface area contributed by atoms with Crippen molar-refractivity contribution in [1.29, 1.82) is 0 Å². The lowest BCUT2D eigenvalue weighted by molar-refractivity contribution is 0.364. The number of hydrogen-bond acceptors (Lipinski definition) is 3. The zero-order valence-electron chi connectivity index (χ0n) is 16.2. The van der Waals surface area contributed by atoms with Crippen molar-refractivity contribution in [2.75, 3.05) is 0 Å². The van der Waals surface area contributed by atoms with Crippen LogP contribution in [-0.4, -0.2) is 13.0 Å². The Bertz CT molecular complexity index is 1650. The maximum absolute atomic E-state index is 14.4. The minimum Gasteiger partial charge on any atom is -0.450 e. The van der Waals surface area contributed by atoms with Gasteiger partial charge in [0.2, 0.25) is 17.4 Å². The Hall–Kier alpha value is -3.43. The molecule has 0 aliphatic heterocycles. The van der Waals surface area contributed by atoms with Crippen molar-refractivity contribution in [3.05, 3.63) is 77.4 Å². The molecule has 0 atom stereocenters. The molecule has 0 aromatic heterocycles. The number of rotatable bonds is 3. The van der Waals surface area contributed by atoms with Crippen molar-refractivity contribution in [2.24, 2.45) is 0 Å². The van der Waals surface area contributed by atoms with E-state index in [9.17, 15) is 30.5 Å². The largest absolute Gasteiger partial charge is 0.450 e. The highest BCUT2D eigenvalue weighted by Crippen LogP contribution is 2.42. The summed E-state index contributed by atoms with van der Waals surface area (Å²) < 4.78 is 95.3. The third kappa shape index (κ3) is 2.81. The Morgan fingerprint density at radius 1 is 0.719 bits per heavy atom. The van der Waals surface area contributed by atoms with Gasteiger partial charge in [0.25, 0.3) is 10.1 Å². The van der Waals surface area contributed by atoms with Crippen LogP contribution in [0.2, 0.25) is 0 Å². The molecule has 0 unspecified atom stereocenters. The molecule has 5 aromatic carbocycles. The van der Waals surface area contributed by atoms with Gasteiger partial charge < -0.3 is 4.74 Å². The first kappa shape index (κ1) is 20.5. The Kier molecular flexibility index (Phi) is 4.34. The van der Waals surface area contributed by atoms with Crippen LogP contribution in [0.3, 0.4) is 0 Å². The van der Waals surface area contributed by atoms with Crippen molar-refractivity contribution in [1.82, 2.24) is 0 Å². The van der Waals surface area contributed by atoms with Crippen LogP contribution in [0.1, 0.15) is 5.56 Å². The fourth-order valence-corrected chi connectivity index (χ4v) is 4.67. The lowest BCUT2D eigenvalue weighted by Crippen LogP contribution is -2.03. The standard InChI is InChI=1S/C23H12F4O4S/c1-10-19(24)21(26)23(22(27)20(10)25)31-15-8-4-11-2-3-12-5-9-16(32(28,29)30)14-7-6-13(15)17(11)18(12)14/h2-9H,1H3,(H,28,29,30). The number of hydrogen-bond donors (Lipinski definition) is 1. The van der Waals surface area contributed by atoms with Gasteiger partial charge in [-0.2, -0.15) is 17.2 Å². The first-order chi connectivity index (χ1) is 15.1. The van der Waals surface area contributed by atoms with Gasteiger partial charge in [-0.15, -0.1) is 0 Å². The average Bonchev–Trinajstić information content (AvgIpc) is 2.77. The second-order valence-corrected chi connectivity index (χ2v) is 8.73. The van der Waals surface area contributed by atoms with Gasteiger partial charge in [0.15, 0.2) is 11.6 Å². The van der Waals surface area contributed by atoms with Crippen LogP contribution in [0.15, 0.2) is 53.4 Å². The number of halogens is 4. The van der Waals surface area contributed by atoms with E-state index >= 15 is 0 Å². The summed E-state index contributed by atoms with van der Waals surface area (Å²) in [6.07, 6.45) is 0. The third-order valence-electron chi connectivity index (χ3n) is 5.52. The first-order valence-corrected chi connectivity index (χ1v) is 10.7.